The number of alkyl halides is 2. The van der Waals surface area contributed by atoms with Gasteiger partial charge in [0.15, 0.2) is 0 Å². The van der Waals surface area contributed by atoms with Gasteiger partial charge in [-0.05, 0) is 112 Å². The van der Waals surface area contributed by atoms with Crippen LogP contribution in [0.25, 0.3) is 0 Å². The number of aryl methyl sites for hydroxylation is 1. The highest BCUT2D eigenvalue weighted by molar-refractivity contribution is 6.18. The van der Waals surface area contributed by atoms with Crippen LogP contribution in [0.15, 0.2) is 18.2 Å². The predicted molar refractivity (Wildman–Crippen MR) is 154 cm³/mol. The van der Waals surface area contributed by atoms with E-state index in [9.17, 15) is 9.59 Å². The molecular formula is C31H44Cl2N2O3. The van der Waals surface area contributed by atoms with Crippen LogP contribution in [0, 0.1) is 36.0 Å². The number of fused-ring (bicyclic) bond motifs is 5. The average Bonchev–Trinajstić information content (AvgIpc) is 2.88. The van der Waals surface area contributed by atoms with Crippen LogP contribution in [-0.2, 0) is 9.53 Å². The molecule has 1 heterocycles. The van der Waals surface area contributed by atoms with E-state index in [1.807, 2.05) is 25.1 Å². The molecule has 210 valence electrons. The molecule has 3 saturated carbocycles. The lowest BCUT2D eigenvalue weighted by Crippen LogP contribution is -2.63. The summed E-state index contributed by atoms with van der Waals surface area (Å²) in [6, 6.07) is 5.81. The number of amides is 1. The SMILES string of the molecule is Cc1ccc(C(=O)O[C@H]2CC[C@@]3(C)[C@@H](CC[C@H]4[C@@H]5CCC(=O)NC5(C)CC[C@@H]43)C2)cc1N(CCCl)CCCl. The third-order valence-electron chi connectivity index (χ3n) is 10.9. The highest BCUT2D eigenvalue weighted by Crippen LogP contribution is 2.62. The number of nitrogens with zero attached hydrogens (tertiary/aromatic N) is 1. The van der Waals surface area contributed by atoms with Crippen molar-refractivity contribution in [2.24, 2.45) is 29.1 Å². The number of piperidine rings is 1. The van der Waals surface area contributed by atoms with Crippen molar-refractivity contribution in [1.29, 1.82) is 0 Å². The van der Waals surface area contributed by atoms with E-state index in [-0.39, 0.29) is 23.5 Å². The monoisotopic (exact) mass is 562 g/mol. The second kappa shape index (κ2) is 11.2. The fourth-order valence-electron chi connectivity index (χ4n) is 8.85. The zero-order valence-corrected chi connectivity index (χ0v) is 24.8. The summed E-state index contributed by atoms with van der Waals surface area (Å²) in [6.07, 6.45) is 9.43. The number of esters is 1. The lowest BCUT2D eigenvalue weighted by molar-refractivity contribution is -0.142. The highest BCUT2D eigenvalue weighted by Gasteiger charge is 2.58. The Labute approximate surface area is 238 Å². The second-order valence-electron chi connectivity index (χ2n) is 12.9. The van der Waals surface area contributed by atoms with Crippen LogP contribution in [0.4, 0.5) is 5.69 Å². The topological polar surface area (TPSA) is 58.6 Å². The van der Waals surface area contributed by atoms with Gasteiger partial charge in [0.2, 0.25) is 5.91 Å². The van der Waals surface area contributed by atoms with Crippen molar-refractivity contribution in [2.75, 3.05) is 29.7 Å². The van der Waals surface area contributed by atoms with E-state index in [2.05, 4.69) is 24.1 Å². The van der Waals surface area contributed by atoms with E-state index in [4.69, 9.17) is 27.9 Å². The fourth-order valence-corrected chi connectivity index (χ4v) is 9.26. The van der Waals surface area contributed by atoms with Gasteiger partial charge in [0.25, 0.3) is 0 Å². The molecule has 0 radical (unpaired) electrons. The Bertz CT molecular complexity index is 1040. The molecule has 1 saturated heterocycles. The van der Waals surface area contributed by atoms with E-state index in [0.29, 0.717) is 65.9 Å². The van der Waals surface area contributed by atoms with Crippen LogP contribution < -0.4 is 10.2 Å². The van der Waals surface area contributed by atoms with Crippen molar-refractivity contribution >= 4 is 40.8 Å². The van der Waals surface area contributed by atoms with Crippen molar-refractivity contribution in [3.8, 4) is 0 Å². The van der Waals surface area contributed by atoms with Crippen LogP contribution in [0.1, 0.15) is 87.6 Å². The first-order chi connectivity index (χ1) is 18.2. The molecule has 4 fully saturated rings. The first-order valence-corrected chi connectivity index (χ1v) is 15.7. The van der Waals surface area contributed by atoms with Crippen molar-refractivity contribution in [3.05, 3.63) is 29.3 Å². The van der Waals surface area contributed by atoms with Crippen LogP contribution in [0.2, 0.25) is 0 Å². The quantitative estimate of drug-likeness (QED) is 0.296. The summed E-state index contributed by atoms with van der Waals surface area (Å²) in [6.45, 7) is 8.23. The minimum absolute atomic E-state index is 0.0218. The van der Waals surface area contributed by atoms with Gasteiger partial charge in [-0.25, -0.2) is 4.79 Å². The van der Waals surface area contributed by atoms with Crippen LogP contribution in [0.3, 0.4) is 0 Å². The minimum Gasteiger partial charge on any atom is -0.459 e. The molecule has 1 amide bonds. The Hall–Kier alpha value is -1.46. The number of anilines is 1. The summed E-state index contributed by atoms with van der Waals surface area (Å²) in [5.74, 6) is 3.61. The molecule has 4 aliphatic rings. The molecular weight excluding hydrogens is 519 g/mol. The van der Waals surface area contributed by atoms with Gasteiger partial charge in [0.05, 0.1) is 5.56 Å². The summed E-state index contributed by atoms with van der Waals surface area (Å²) < 4.78 is 6.16. The summed E-state index contributed by atoms with van der Waals surface area (Å²) in [4.78, 5) is 27.6. The van der Waals surface area contributed by atoms with Crippen LogP contribution >= 0.6 is 23.2 Å². The third-order valence-corrected chi connectivity index (χ3v) is 11.2. The number of rotatable bonds is 7. The van der Waals surface area contributed by atoms with Gasteiger partial charge >= 0.3 is 5.97 Å². The largest absolute Gasteiger partial charge is 0.459 e. The summed E-state index contributed by atoms with van der Waals surface area (Å²) >= 11 is 12.1. The number of carbonyl (C=O) groups excluding carboxylic acids is 2. The zero-order valence-electron chi connectivity index (χ0n) is 23.2. The molecule has 1 aliphatic heterocycles. The van der Waals surface area contributed by atoms with Gasteiger partial charge in [0.1, 0.15) is 6.10 Å². The Morgan fingerprint density at radius 3 is 2.55 bits per heavy atom. The van der Waals surface area contributed by atoms with E-state index in [1.165, 1.54) is 19.3 Å². The number of hydrogen-bond donors (Lipinski definition) is 1. The normalized spacial score (nSPS) is 36.3. The molecule has 38 heavy (non-hydrogen) atoms. The molecule has 1 unspecified atom stereocenters. The van der Waals surface area contributed by atoms with Crippen LogP contribution in [-0.4, -0.2) is 48.4 Å². The highest BCUT2D eigenvalue weighted by atomic mass is 35.5. The maximum atomic E-state index is 13.3. The molecule has 5 nitrogen and oxygen atoms in total. The Morgan fingerprint density at radius 1 is 1.05 bits per heavy atom. The van der Waals surface area contributed by atoms with E-state index in [1.54, 1.807) is 0 Å². The smallest absolute Gasteiger partial charge is 0.338 e. The molecule has 1 N–H and O–H groups in total. The zero-order chi connectivity index (χ0) is 27.1. The van der Waals surface area contributed by atoms with E-state index >= 15 is 0 Å². The van der Waals surface area contributed by atoms with Gasteiger partial charge < -0.3 is 15.0 Å². The molecule has 7 atom stereocenters. The summed E-state index contributed by atoms with van der Waals surface area (Å²) in [7, 11) is 0. The van der Waals surface area contributed by atoms with Crippen molar-refractivity contribution < 1.29 is 14.3 Å². The number of hydrogen-bond acceptors (Lipinski definition) is 4. The summed E-state index contributed by atoms with van der Waals surface area (Å²) in [5.41, 5.74) is 2.97. The standard InChI is InChI=1S/C31H44Cl2N2O3/c1-20-4-5-21(18-27(20)35(16-14-32)17-15-33)29(37)38-23-10-12-30(2)22(19-23)6-7-24-25(30)11-13-31(3)26(24)8-9-28(36)34-31/h4-5,18,22-26H,6-17,19H2,1-3H3,(H,34,36)/t22-,23-,24+,25-,26-,30-,31?/m0/s1. The maximum Gasteiger partial charge on any atom is 0.338 e. The molecule has 0 spiro atoms. The number of nitrogens with one attached hydrogen (secondary N) is 1. The molecule has 1 aromatic rings. The van der Waals surface area contributed by atoms with Gasteiger partial charge in [-0.2, -0.15) is 0 Å². The molecule has 5 rings (SSSR count). The fraction of sp³-hybridized carbons (Fsp3) is 0.742. The number of carbonyl (C=O) groups is 2. The number of halogens is 2. The van der Waals surface area contributed by atoms with Gasteiger partial charge in [-0.15, -0.1) is 23.2 Å². The molecule has 0 bridgehead atoms. The van der Waals surface area contributed by atoms with Gasteiger partial charge in [-0.1, -0.05) is 13.0 Å². The lowest BCUT2D eigenvalue weighted by Gasteiger charge is -2.62. The van der Waals surface area contributed by atoms with Crippen molar-refractivity contribution in [3.63, 3.8) is 0 Å². The molecule has 1 aromatic carbocycles. The molecule has 3 aliphatic carbocycles. The molecule has 0 aromatic heterocycles. The third kappa shape index (κ3) is 5.19. The molecule has 7 heteroatoms. The number of ether oxygens (including phenoxy) is 1. The Balaban J connectivity index is 1.25. The van der Waals surface area contributed by atoms with Crippen LogP contribution in [0.5, 0.6) is 0 Å². The predicted octanol–water partition coefficient (Wildman–Crippen LogP) is 6.72. The van der Waals surface area contributed by atoms with Gasteiger partial charge in [0, 0.05) is 42.5 Å². The van der Waals surface area contributed by atoms with Crippen molar-refractivity contribution in [1.82, 2.24) is 5.32 Å². The lowest BCUT2D eigenvalue weighted by atomic mass is 9.45. The minimum atomic E-state index is -0.225. The number of benzene rings is 1. The first-order valence-electron chi connectivity index (χ1n) is 14.7. The van der Waals surface area contributed by atoms with E-state index < -0.39 is 0 Å². The maximum absolute atomic E-state index is 13.3. The second-order valence-corrected chi connectivity index (χ2v) is 13.6. The summed E-state index contributed by atoms with van der Waals surface area (Å²) in [5, 5.41) is 3.37. The Kier molecular flexibility index (Phi) is 8.27. The van der Waals surface area contributed by atoms with E-state index in [0.717, 1.165) is 43.4 Å². The Morgan fingerprint density at radius 2 is 1.82 bits per heavy atom. The first kappa shape index (κ1) is 28.1. The average molecular weight is 564 g/mol. The van der Waals surface area contributed by atoms with Crippen molar-refractivity contribution in [2.45, 2.75) is 90.2 Å². The van der Waals surface area contributed by atoms with Gasteiger partial charge in [-0.3, -0.25) is 4.79 Å².